The maximum Gasteiger partial charge on any atom is 0.330 e. The highest BCUT2D eigenvalue weighted by molar-refractivity contribution is 5.35. The molecule has 3 heterocycles. The van der Waals surface area contributed by atoms with E-state index < -0.39 is 41.4 Å². The van der Waals surface area contributed by atoms with Crippen LogP contribution in [0, 0.1) is 13.8 Å². The van der Waals surface area contributed by atoms with Crippen LogP contribution in [-0.4, -0.2) is 44.7 Å². The number of aliphatic hydroxyl groups is 2. The first kappa shape index (κ1) is 18.1. The van der Waals surface area contributed by atoms with E-state index in [1.807, 2.05) is 31.2 Å². The Morgan fingerprint density at radius 2 is 2.00 bits per heavy atom. The molecule has 0 saturated carbocycles. The van der Waals surface area contributed by atoms with E-state index in [1.165, 1.54) is 10.8 Å². The van der Waals surface area contributed by atoms with E-state index in [9.17, 15) is 19.8 Å². The molecule has 2 aromatic rings. The number of aryl methyl sites for hydroxylation is 2. The number of aromatic amines is 1. The van der Waals surface area contributed by atoms with Gasteiger partial charge in [-0.1, -0.05) is 24.3 Å². The topological polar surface area (TPSA) is 114 Å². The fourth-order valence-electron chi connectivity index (χ4n) is 4.19. The molecule has 1 aromatic heterocycles. The molecule has 0 amide bonds. The quantitative estimate of drug-likeness (QED) is 0.702. The molecule has 0 spiro atoms. The van der Waals surface area contributed by atoms with Crippen molar-refractivity contribution in [3.8, 4) is 0 Å². The molecule has 1 aromatic carbocycles. The molecule has 2 aliphatic rings. The summed E-state index contributed by atoms with van der Waals surface area (Å²) in [4.78, 5) is 26.2. The van der Waals surface area contributed by atoms with Crippen LogP contribution in [-0.2, 0) is 15.1 Å². The Kier molecular flexibility index (Phi) is 4.31. The Bertz CT molecular complexity index is 983. The second-order valence-corrected chi connectivity index (χ2v) is 7.23. The summed E-state index contributed by atoms with van der Waals surface area (Å²) in [6.45, 7) is 3.21. The molecule has 8 nitrogen and oxygen atoms in total. The minimum atomic E-state index is -1.04. The van der Waals surface area contributed by atoms with Crippen molar-refractivity contribution in [1.29, 1.82) is 0 Å². The summed E-state index contributed by atoms with van der Waals surface area (Å²) in [5, 5.41) is 20.2. The van der Waals surface area contributed by atoms with Crippen LogP contribution in [0.5, 0.6) is 0 Å². The average Bonchev–Trinajstić information content (AvgIpc) is 3.13. The van der Waals surface area contributed by atoms with E-state index in [2.05, 4.69) is 4.98 Å². The van der Waals surface area contributed by atoms with Crippen LogP contribution in [0.1, 0.15) is 29.3 Å². The third-order valence-electron chi connectivity index (χ3n) is 5.53. The summed E-state index contributed by atoms with van der Waals surface area (Å²) in [6.07, 6.45) is -1.56. The number of hydrogen-bond donors (Lipinski definition) is 3. The monoisotopic (exact) mass is 374 g/mol. The summed E-state index contributed by atoms with van der Waals surface area (Å²) in [7, 11) is 0. The lowest BCUT2D eigenvalue weighted by atomic mass is 9.83. The Hall–Kier alpha value is -2.26. The van der Waals surface area contributed by atoms with E-state index in [1.54, 1.807) is 6.92 Å². The van der Waals surface area contributed by atoms with Gasteiger partial charge in [-0.2, -0.15) is 0 Å². The molecule has 2 fully saturated rings. The largest absolute Gasteiger partial charge is 0.394 e. The predicted octanol–water partition coefficient (Wildman–Crippen LogP) is 0.0884. The first-order valence-electron chi connectivity index (χ1n) is 8.88. The fourth-order valence-corrected chi connectivity index (χ4v) is 4.19. The molecule has 0 unspecified atom stereocenters. The van der Waals surface area contributed by atoms with Crippen molar-refractivity contribution >= 4 is 0 Å². The molecule has 5 atom stereocenters. The Labute approximate surface area is 155 Å². The molecule has 2 aliphatic heterocycles. The number of H-pyrrole nitrogens is 1. The second-order valence-electron chi connectivity index (χ2n) is 7.23. The number of aliphatic hydroxyl groups excluding tert-OH is 2. The zero-order valence-corrected chi connectivity index (χ0v) is 15.1. The van der Waals surface area contributed by atoms with Crippen LogP contribution in [0.15, 0.2) is 40.1 Å². The van der Waals surface area contributed by atoms with E-state index in [0.29, 0.717) is 5.56 Å². The maximum atomic E-state index is 12.3. The first-order chi connectivity index (χ1) is 12.9. The van der Waals surface area contributed by atoms with E-state index >= 15 is 0 Å². The van der Waals surface area contributed by atoms with Gasteiger partial charge in [0.15, 0.2) is 0 Å². The predicted molar refractivity (Wildman–Crippen MR) is 95.4 cm³/mol. The van der Waals surface area contributed by atoms with Gasteiger partial charge in [0.2, 0.25) is 0 Å². The SMILES string of the molecule is Cc1ccccc1[C@@]12C[C@@H](n3cc(C)c(=O)[nH]c3=O)O[C@H]1[C@H](O)[C@@H](CO)O2. The van der Waals surface area contributed by atoms with Crippen LogP contribution < -0.4 is 11.2 Å². The van der Waals surface area contributed by atoms with Gasteiger partial charge in [0.25, 0.3) is 5.56 Å². The highest BCUT2D eigenvalue weighted by Gasteiger charge is 2.62. The molecule has 0 bridgehead atoms. The van der Waals surface area contributed by atoms with Gasteiger partial charge < -0.3 is 19.7 Å². The van der Waals surface area contributed by atoms with E-state index in [-0.39, 0.29) is 13.0 Å². The number of hydrogen-bond acceptors (Lipinski definition) is 6. The third-order valence-corrected chi connectivity index (χ3v) is 5.53. The van der Waals surface area contributed by atoms with Crippen molar-refractivity contribution in [2.24, 2.45) is 0 Å². The van der Waals surface area contributed by atoms with Gasteiger partial charge in [-0.15, -0.1) is 0 Å². The number of aromatic nitrogens is 2. The number of ether oxygens (including phenoxy) is 2. The van der Waals surface area contributed by atoms with Gasteiger partial charge in [-0.05, 0) is 25.0 Å². The first-order valence-corrected chi connectivity index (χ1v) is 8.88. The Balaban J connectivity index is 1.81. The molecule has 3 N–H and O–H groups in total. The lowest BCUT2D eigenvalue weighted by Crippen LogP contribution is -2.38. The van der Waals surface area contributed by atoms with Gasteiger partial charge >= 0.3 is 5.69 Å². The van der Waals surface area contributed by atoms with Crippen molar-refractivity contribution in [3.63, 3.8) is 0 Å². The fraction of sp³-hybridized carbons (Fsp3) is 0.474. The average molecular weight is 374 g/mol. The summed E-state index contributed by atoms with van der Waals surface area (Å²) >= 11 is 0. The Morgan fingerprint density at radius 1 is 1.26 bits per heavy atom. The normalized spacial score (nSPS) is 32.6. The molecule has 2 saturated heterocycles. The lowest BCUT2D eigenvalue weighted by Gasteiger charge is -2.29. The van der Waals surface area contributed by atoms with Gasteiger partial charge in [-0.25, -0.2) is 4.79 Å². The summed E-state index contributed by atoms with van der Waals surface area (Å²) < 4.78 is 13.5. The van der Waals surface area contributed by atoms with Crippen LogP contribution in [0.3, 0.4) is 0 Å². The molecule has 27 heavy (non-hydrogen) atoms. The zero-order chi connectivity index (χ0) is 19.3. The minimum Gasteiger partial charge on any atom is -0.394 e. The maximum absolute atomic E-state index is 12.3. The van der Waals surface area contributed by atoms with Gasteiger partial charge in [0.05, 0.1) is 6.61 Å². The number of nitrogens with zero attached hydrogens (tertiary/aromatic N) is 1. The van der Waals surface area contributed by atoms with Crippen molar-refractivity contribution < 1.29 is 19.7 Å². The molecule has 0 radical (unpaired) electrons. The second kappa shape index (κ2) is 6.42. The van der Waals surface area contributed by atoms with Crippen LogP contribution >= 0.6 is 0 Å². The summed E-state index contributed by atoms with van der Waals surface area (Å²) in [5.41, 5.74) is 0.175. The number of benzene rings is 1. The van der Waals surface area contributed by atoms with Gasteiger partial charge in [-0.3, -0.25) is 14.3 Å². The van der Waals surface area contributed by atoms with Crippen LogP contribution in [0.25, 0.3) is 0 Å². The molecular formula is C19H22N2O6. The van der Waals surface area contributed by atoms with E-state index in [0.717, 1.165) is 11.1 Å². The van der Waals surface area contributed by atoms with Crippen LogP contribution in [0.4, 0.5) is 0 Å². The van der Waals surface area contributed by atoms with Crippen molar-refractivity contribution in [2.75, 3.05) is 6.61 Å². The van der Waals surface area contributed by atoms with Gasteiger partial charge in [0.1, 0.15) is 30.1 Å². The van der Waals surface area contributed by atoms with Crippen molar-refractivity contribution in [3.05, 3.63) is 68.0 Å². The van der Waals surface area contributed by atoms with Crippen LogP contribution in [0.2, 0.25) is 0 Å². The molecule has 8 heteroatoms. The van der Waals surface area contributed by atoms with Crippen molar-refractivity contribution in [2.45, 2.75) is 50.4 Å². The molecule has 0 aliphatic carbocycles. The highest BCUT2D eigenvalue weighted by atomic mass is 16.6. The highest BCUT2D eigenvalue weighted by Crippen LogP contribution is 2.53. The Morgan fingerprint density at radius 3 is 2.70 bits per heavy atom. The van der Waals surface area contributed by atoms with Crippen molar-refractivity contribution in [1.82, 2.24) is 9.55 Å². The zero-order valence-electron chi connectivity index (χ0n) is 15.1. The lowest BCUT2D eigenvalue weighted by molar-refractivity contribution is -0.0812. The minimum absolute atomic E-state index is 0.265. The van der Waals surface area contributed by atoms with Gasteiger partial charge in [0, 0.05) is 18.2 Å². The summed E-state index contributed by atoms with van der Waals surface area (Å²) in [5.74, 6) is 0. The number of fused-ring (bicyclic) bond motifs is 1. The number of nitrogens with one attached hydrogen (secondary N) is 1. The standard InChI is InChI=1S/C19H22N2O6/c1-10-5-3-4-6-12(10)19-7-14(21-8-11(2)17(24)20-18(21)25)26-16(19)15(23)13(9-22)27-19/h3-6,8,13-16,22-23H,7,9H2,1-2H3,(H,20,24,25)/t13-,14+,15-,16+,19+/m1/s1. The number of rotatable bonds is 3. The van der Waals surface area contributed by atoms with E-state index in [4.69, 9.17) is 9.47 Å². The summed E-state index contributed by atoms with van der Waals surface area (Å²) in [6, 6.07) is 7.62. The third kappa shape index (κ3) is 2.68. The smallest absolute Gasteiger partial charge is 0.330 e. The molecule has 144 valence electrons. The molecule has 4 rings (SSSR count). The molecular weight excluding hydrogens is 352 g/mol.